The van der Waals surface area contributed by atoms with Crippen LogP contribution in [0.2, 0.25) is 0 Å². The number of hydrogen-bond acceptors (Lipinski definition) is 3. The van der Waals surface area contributed by atoms with Crippen LogP contribution in [0.1, 0.15) is 25.8 Å². The highest BCUT2D eigenvalue weighted by atomic mass is 19.4. The molecule has 0 saturated heterocycles. The minimum atomic E-state index is -5.07. The summed E-state index contributed by atoms with van der Waals surface area (Å²) in [5.41, 5.74) is -4.03. The summed E-state index contributed by atoms with van der Waals surface area (Å²) in [6, 6.07) is 3.88. The highest BCUT2D eigenvalue weighted by molar-refractivity contribution is 5.63. The maximum atomic E-state index is 13.2. The van der Waals surface area contributed by atoms with E-state index in [9.17, 15) is 27.5 Å². The Labute approximate surface area is 124 Å². The number of aldehydes is 1. The number of aliphatic hydroxyl groups is 1. The molecule has 1 N–H and O–H groups in total. The van der Waals surface area contributed by atoms with Gasteiger partial charge in [0, 0.05) is 23.8 Å². The van der Waals surface area contributed by atoms with Crippen LogP contribution < -0.4 is 4.74 Å². The Kier molecular flexibility index (Phi) is 3.97. The molecule has 0 fully saturated rings. The summed E-state index contributed by atoms with van der Waals surface area (Å²) in [6.07, 6.45) is -6.88. The number of rotatable bonds is 4. The maximum Gasteiger partial charge on any atom is 0.424 e. The quantitative estimate of drug-likeness (QED) is 0.685. The first kappa shape index (κ1) is 16.7. The summed E-state index contributed by atoms with van der Waals surface area (Å²) in [4.78, 5) is 10.8. The summed E-state index contributed by atoms with van der Waals surface area (Å²) in [7, 11) is 0. The topological polar surface area (TPSA) is 46.5 Å². The molecule has 0 radical (unpaired) electrons. The number of alkyl halides is 3. The van der Waals surface area contributed by atoms with Crippen molar-refractivity contribution < 1.29 is 32.2 Å². The molecule has 1 aliphatic rings. The number of halogens is 4. The lowest BCUT2D eigenvalue weighted by molar-refractivity contribution is -0.255. The lowest BCUT2D eigenvalue weighted by Crippen LogP contribution is -2.52. The Hall–Kier alpha value is -1.63. The van der Waals surface area contributed by atoms with E-state index < -0.39 is 41.8 Å². The number of hydrogen-bond donors (Lipinski definition) is 1. The van der Waals surface area contributed by atoms with Gasteiger partial charge in [-0.3, -0.25) is 4.79 Å². The van der Waals surface area contributed by atoms with Crippen LogP contribution in [-0.2, 0) is 11.2 Å². The average molecular weight is 320 g/mol. The Morgan fingerprint density at radius 3 is 2.55 bits per heavy atom. The van der Waals surface area contributed by atoms with E-state index in [2.05, 4.69) is 0 Å². The van der Waals surface area contributed by atoms with E-state index in [0.717, 1.165) is 0 Å². The number of carbonyl (C=O) groups is 1. The van der Waals surface area contributed by atoms with E-state index in [4.69, 9.17) is 4.74 Å². The fourth-order valence-corrected chi connectivity index (χ4v) is 2.67. The molecule has 0 aliphatic carbocycles. The summed E-state index contributed by atoms with van der Waals surface area (Å²) in [5, 5.41) is 9.60. The first-order valence-electron chi connectivity index (χ1n) is 6.69. The second-order valence-corrected chi connectivity index (χ2v) is 6.27. The van der Waals surface area contributed by atoms with Crippen LogP contribution in [0.4, 0.5) is 17.6 Å². The van der Waals surface area contributed by atoms with Gasteiger partial charge < -0.3 is 9.84 Å². The van der Waals surface area contributed by atoms with Gasteiger partial charge in [0.05, 0.1) is 0 Å². The zero-order chi connectivity index (χ0) is 16.8. The minimum Gasteiger partial charge on any atom is -0.489 e. The van der Waals surface area contributed by atoms with Gasteiger partial charge in [0.1, 0.15) is 17.7 Å². The summed E-state index contributed by atoms with van der Waals surface area (Å²) in [6.45, 7) is 2.94. The Balaban J connectivity index is 2.21. The van der Waals surface area contributed by atoms with Crippen LogP contribution in [0, 0.1) is 11.2 Å². The summed E-state index contributed by atoms with van der Waals surface area (Å²) >= 11 is 0. The molecule has 2 atom stereocenters. The fraction of sp³-hybridized carbons (Fsp3) is 0.533. The van der Waals surface area contributed by atoms with Crippen LogP contribution in [0.15, 0.2) is 18.2 Å². The van der Waals surface area contributed by atoms with Gasteiger partial charge in [-0.2, -0.15) is 13.2 Å². The van der Waals surface area contributed by atoms with Crippen LogP contribution in [0.25, 0.3) is 0 Å². The van der Waals surface area contributed by atoms with Crippen LogP contribution in [0.3, 0.4) is 0 Å². The van der Waals surface area contributed by atoms with Gasteiger partial charge in [0.2, 0.25) is 5.60 Å². The van der Waals surface area contributed by atoms with Gasteiger partial charge in [0.25, 0.3) is 0 Å². The van der Waals surface area contributed by atoms with E-state index in [1.807, 2.05) is 0 Å². The molecule has 1 aromatic rings. The molecular formula is C15H16F4O3. The normalized spacial score (nSPS) is 21.0. The smallest absolute Gasteiger partial charge is 0.424 e. The van der Waals surface area contributed by atoms with E-state index >= 15 is 0 Å². The van der Waals surface area contributed by atoms with Crippen molar-refractivity contribution in [2.24, 2.45) is 5.41 Å². The highest BCUT2D eigenvalue weighted by Gasteiger charge is 2.57. The van der Waals surface area contributed by atoms with Crippen LogP contribution in [-0.4, -0.2) is 29.3 Å². The number of ether oxygens (including phenoxy) is 1. The monoisotopic (exact) mass is 320 g/mol. The van der Waals surface area contributed by atoms with Gasteiger partial charge in [-0.05, 0) is 18.2 Å². The molecule has 1 aromatic carbocycles. The molecule has 122 valence electrons. The van der Waals surface area contributed by atoms with Crippen molar-refractivity contribution in [2.45, 2.75) is 44.6 Å². The molecule has 2 rings (SSSR count). The molecule has 2 unspecified atom stereocenters. The largest absolute Gasteiger partial charge is 0.489 e. The van der Waals surface area contributed by atoms with E-state index in [1.54, 1.807) is 0 Å². The van der Waals surface area contributed by atoms with Crippen molar-refractivity contribution in [3.8, 4) is 5.75 Å². The molecule has 0 aromatic heterocycles. The van der Waals surface area contributed by atoms with Gasteiger partial charge in [-0.1, -0.05) is 13.8 Å². The van der Waals surface area contributed by atoms with Crippen LogP contribution in [0.5, 0.6) is 5.75 Å². The van der Waals surface area contributed by atoms with Gasteiger partial charge in [0.15, 0.2) is 6.29 Å². The Morgan fingerprint density at radius 1 is 1.36 bits per heavy atom. The molecule has 0 saturated carbocycles. The van der Waals surface area contributed by atoms with Gasteiger partial charge in [-0.15, -0.1) is 0 Å². The lowest BCUT2D eigenvalue weighted by Gasteiger charge is -2.37. The lowest BCUT2D eigenvalue weighted by atomic mass is 9.75. The summed E-state index contributed by atoms with van der Waals surface area (Å²) in [5.74, 6) is -0.0541. The standard InChI is InChI=1S/C15H16F4O3/c1-13(2,7-14(21,8-20)15(17,18)19)12-6-9-5-10(16)3-4-11(9)22-12/h3-5,8,12,21H,6-7H2,1-2H3. The zero-order valence-electron chi connectivity index (χ0n) is 12.1. The second-order valence-electron chi connectivity index (χ2n) is 6.27. The van der Waals surface area contributed by atoms with Crippen molar-refractivity contribution in [3.63, 3.8) is 0 Å². The van der Waals surface area contributed by atoms with E-state index in [0.29, 0.717) is 11.3 Å². The van der Waals surface area contributed by atoms with Crippen molar-refractivity contribution in [3.05, 3.63) is 29.6 Å². The molecule has 7 heteroatoms. The zero-order valence-corrected chi connectivity index (χ0v) is 12.1. The third kappa shape index (κ3) is 2.95. The van der Waals surface area contributed by atoms with Crippen molar-refractivity contribution in [1.82, 2.24) is 0 Å². The van der Waals surface area contributed by atoms with Gasteiger partial charge in [-0.25, -0.2) is 4.39 Å². The Bertz CT molecular complexity index is 583. The molecule has 0 amide bonds. The molecule has 1 heterocycles. The molecule has 3 nitrogen and oxygen atoms in total. The number of fused-ring (bicyclic) bond motifs is 1. The van der Waals surface area contributed by atoms with Crippen molar-refractivity contribution in [1.29, 1.82) is 0 Å². The SMILES string of the molecule is CC(C)(CC(O)(C=O)C(F)(F)F)C1Cc2cc(F)ccc2O1. The molecule has 0 spiro atoms. The first-order valence-corrected chi connectivity index (χ1v) is 6.69. The predicted octanol–water partition coefficient (Wildman–Crippen LogP) is 3.04. The van der Waals surface area contributed by atoms with Crippen molar-refractivity contribution in [2.75, 3.05) is 0 Å². The van der Waals surface area contributed by atoms with Crippen molar-refractivity contribution >= 4 is 6.29 Å². The summed E-state index contributed by atoms with van der Waals surface area (Å²) < 4.78 is 57.3. The molecule has 22 heavy (non-hydrogen) atoms. The third-order valence-corrected chi connectivity index (χ3v) is 3.98. The Morgan fingerprint density at radius 2 is 2.00 bits per heavy atom. The van der Waals surface area contributed by atoms with E-state index in [1.165, 1.54) is 32.0 Å². The maximum absolute atomic E-state index is 13.2. The third-order valence-electron chi connectivity index (χ3n) is 3.98. The molecular weight excluding hydrogens is 304 g/mol. The minimum absolute atomic E-state index is 0.215. The first-order chi connectivity index (χ1) is 9.98. The number of carbonyl (C=O) groups excluding carboxylic acids is 1. The molecule has 1 aliphatic heterocycles. The average Bonchev–Trinajstić information content (AvgIpc) is 2.80. The predicted molar refractivity (Wildman–Crippen MR) is 70.0 cm³/mol. The second kappa shape index (κ2) is 5.22. The highest BCUT2D eigenvalue weighted by Crippen LogP contribution is 2.44. The van der Waals surface area contributed by atoms with Gasteiger partial charge >= 0.3 is 6.18 Å². The van der Waals surface area contributed by atoms with E-state index in [-0.39, 0.29) is 6.42 Å². The van der Waals surface area contributed by atoms with Crippen LogP contribution >= 0.6 is 0 Å². The number of benzene rings is 1. The fourth-order valence-electron chi connectivity index (χ4n) is 2.67. The molecule has 0 bridgehead atoms.